The Labute approximate surface area is 254 Å². The zero-order chi connectivity index (χ0) is 31.9. The monoisotopic (exact) mass is 622 g/mol. The van der Waals surface area contributed by atoms with Crippen LogP contribution in [-0.4, -0.2) is 72.1 Å². The normalized spacial score (nSPS) is 14.0. The van der Waals surface area contributed by atoms with E-state index in [0.717, 1.165) is 0 Å². The highest BCUT2D eigenvalue weighted by Gasteiger charge is 2.28. The number of ether oxygens (including phenoxy) is 1. The highest BCUT2D eigenvalue weighted by atomic mass is 19.3. The first-order chi connectivity index (χ1) is 21.5. The van der Waals surface area contributed by atoms with Crippen LogP contribution in [0.4, 0.5) is 23.7 Å². The van der Waals surface area contributed by atoms with Gasteiger partial charge in [-0.05, 0) is 51.1 Å². The summed E-state index contributed by atoms with van der Waals surface area (Å²) in [7, 11) is 0. The number of nitrogens with zero attached hydrogens (tertiary/aromatic N) is 8. The molecule has 1 saturated heterocycles. The third-order valence-electron chi connectivity index (χ3n) is 7.19. The molecule has 6 rings (SSSR count). The van der Waals surface area contributed by atoms with Crippen molar-refractivity contribution in [1.82, 2.24) is 34.2 Å². The summed E-state index contributed by atoms with van der Waals surface area (Å²) in [5, 5.41) is 6.95. The summed E-state index contributed by atoms with van der Waals surface area (Å²) in [5.74, 6) is -1.44. The molecule has 1 aliphatic heterocycles. The first-order valence-electron chi connectivity index (χ1n) is 14.1. The zero-order valence-electron chi connectivity index (χ0n) is 24.7. The number of amides is 1. The minimum Gasteiger partial charge on any atom is -0.444 e. The SMILES string of the molecule is CC(C)(C)OC(=O)N1CCN(c2cc3c(cc2F)n(Cc2ccc(-c4nnc(C(F)F)o4)cn2)c(=O)n3-c2cccnc2)CC1. The van der Waals surface area contributed by atoms with Crippen molar-refractivity contribution in [3.05, 3.63) is 82.9 Å². The average Bonchev–Trinajstić information content (AvgIpc) is 3.60. The third kappa shape index (κ3) is 6.10. The van der Waals surface area contributed by atoms with Gasteiger partial charge in [-0.2, -0.15) is 8.78 Å². The van der Waals surface area contributed by atoms with Crippen LogP contribution in [0.15, 0.2) is 64.2 Å². The Balaban J connectivity index is 1.32. The number of halogens is 3. The smallest absolute Gasteiger partial charge is 0.410 e. The van der Waals surface area contributed by atoms with Gasteiger partial charge < -0.3 is 19.0 Å². The van der Waals surface area contributed by atoms with E-state index in [2.05, 4.69) is 20.2 Å². The zero-order valence-corrected chi connectivity index (χ0v) is 24.7. The fourth-order valence-electron chi connectivity index (χ4n) is 5.10. The lowest BCUT2D eigenvalue weighted by Crippen LogP contribution is -2.50. The number of imidazole rings is 1. The molecule has 0 saturated carbocycles. The number of hydrogen-bond donors (Lipinski definition) is 0. The van der Waals surface area contributed by atoms with E-state index in [1.807, 2.05) is 4.90 Å². The van der Waals surface area contributed by atoms with Crippen LogP contribution in [0.1, 0.15) is 38.8 Å². The van der Waals surface area contributed by atoms with E-state index in [1.54, 1.807) is 68.4 Å². The van der Waals surface area contributed by atoms with Gasteiger partial charge in [0.15, 0.2) is 0 Å². The van der Waals surface area contributed by atoms with Crippen molar-refractivity contribution in [2.45, 2.75) is 39.3 Å². The second-order valence-electron chi connectivity index (χ2n) is 11.4. The third-order valence-corrected chi connectivity index (χ3v) is 7.19. The Morgan fingerprint density at radius 2 is 1.82 bits per heavy atom. The molecule has 0 N–H and O–H groups in total. The van der Waals surface area contributed by atoms with Gasteiger partial charge in [0.1, 0.15) is 11.4 Å². The molecule has 5 aromatic rings. The van der Waals surface area contributed by atoms with Crippen LogP contribution in [0, 0.1) is 5.82 Å². The molecule has 1 aliphatic rings. The first-order valence-corrected chi connectivity index (χ1v) is 14.1. The number of anilines is 1. The summed E-state index contributed by atoms with van der Waals surface area (Å²) < 4.78 is 54.8. The summed E-state index contributed by atoms with van der Waals surface area (Å²) in [6.45, 7) is 6.82. The molecule has 0 radical (unpaired) electrons. The Morgan fingerprint density at radius 3 is 2.44 bits per heavy atom. The first kappa shape index (κ1) is 29.8. The maximum Gasteiger partial charge on any atom is 0.410 e. The number of aromatic nitrogens is 6. The van der Waals surface area contributed by atoms with Crippen LogP contribution in [0.2, 0.25) is 0 Å². The van der Waals surface area contributed by atoms with Crippen molar-refractivity contribution in [3.63, 3.8) is 0 Å². The lowest BCUT2D eigenvalue weighted by molar-refractivity contribution is 0.0240. The van der Waals surface area contributed by atoms with E-state index >= 15 is 4.39 Å². The quantitative estimate of drug-likeness (QED) is 0.262. The molecular weight excluding hydrogens is 593 g/mol. The van der Waals surface area contributed by atoms with E-state index in [4.69, 9.17) is 9.15 Å². The van der Waals surface area contributed by atoms with Crippen LogP contribution >= 0.6 is 0 Å². The molecule has 4 aromatic heterocycles. The number of benzene rings is 1. The van der Waals surface area contributed by atoms with Crippen LogP contribution in [0.3, 0.4) is 0 Å². The molecule has 0 unspecified atom stereocenters. The summed E-state index contributed by atoms with van der Waals surface area (Å²) in [5.41, 5.74) is 1.30. The summed E-state index contributed by atoms with van der Waals surface area (Å²) >= 11 is 0. The highest BCUT2D eigenvalue weighted by Crippen LogP contribution is 2.29. The number of pyridine rings is 2. The van der Waals surface area contributed by atoms with Crippen molar-refractivity contribution in [3.8, 4) is 17.1 Å². The molecule has 234 valence electrons. The average molecular weight is 623 g/mol. The molecule has 5 heterocycles. The van der Waals surface area contributed by atoms with Crippen LogP contribution in [0.25, 0.3) is 28.2 Å². The fourth-order valence-corrected chi connectivity index (χ4v) is 5.10. The Hall–Kier alpha value is -5.21. The van der Waals surface area contributed by atoms with Crippen LogP contribution in [0.5, 0.6) is 0 Å². The lowest BCUT2D eigenvalue weighted by atomic mass is 10.2. The fraction of sp³-hybridized carbons (Fsp3) is 0.333. The number of carbonyl (C=O) groups is 1. The van der Waals surface area contributed by atoms with Gasteiger partial charge in [0.25, 0.3) is 5.89 Å². The summed E-state index contributed by atoms with van der Waals surface area (Å²) in [6, 6.07) is 9.53. The topological polar surface area (TPSA) is 124 Å². The van der Waals surface area contributed by atoms with Gasteiger partial charge in [0.2, 0.25) is 5.89 Å². The van der Waals surface area contributed by atoms with Gasteiger partial charge in [-0.25, -0.2) is 14.0 Å². The van der Waals surface area contributed by atoms with Gasteiger partial charge in [0, 0.05) is 44.6 Å². The van der Waals surface area contributed by atoms with Gasteiger partial charge in [-0.3, -0.25) is 19.1 Å². The summed E-state index contributed by atoms with van der Waals surface area (Å²) in [4.78, 5) is 38.3. The van der Waals surface area contributed by atoms with E-state index < -0.39 is 35.5 Å². The Kier molecular flexibility index (Phi) is 7.76. The molecule has 0 aliphatic carbocycles. The van der Waals surface area contributed by atoms with Crippen LogP contribution in [-0.2, 0) is 11.3 Å². The maximum atomic E-state index is 15.8. The van der Waals surface area contributed by atoms with E-state index in [-0.39, 0.29) is 12.4 Å². The molecule has 45 heavy (non-hydrogen) atoms. The molecule has 1 aromatic carbocycles. The molecule has 0 bridgehead atoms. The van der Waals surface area contributed by atoms with E-state index in [0.29, 0.717) is 59.8 Å². The number of hydrogen-bond acceptors (Lipinski definition) is 9. The molecule has 1 amide bonds. The lowest BCUT2D eigenvalue weighted by Gasteiger charge is -2.36. The summed E-state index contributed by atoms with van der Waals surface area (Å²) in [6.07, 6.45) is 1.18. The largest absolute Gasteiger partial charge is 0.444 e. The van der Waals surface area contributed by atoms with Crippen molar-refractivity contribution in [2.75, 3.05) is 31.1 Å². The maximum absolute atomic E-state index is 15.8. The Morgan fingerprint density at radius 1 is 1.04 bits per heavy atom. The number of piperazine rings is 1. The highest BCUT2D eigenvalue weighted by molar-refractivity contribution is 5.83. The van der Waals surface area contributed by atoms with Crippen LogP contribution < -0.4 is 10.6 Å². The number of carbonyl (C=O) groups excluding carboxylic acids is 1. The van der Waals surface area contributed by atoms with Gasteiger partial charge in [-0.15, -0.1) is 10.2 Å². The minimum atomic E-state index is -2.90. The van der Waals surface area contributed by atoms with Crippen molar-refractivity contribution in [1.29, 1.82) is 0 Å². The van der Waals surface area contributed by atoms with E-state index in [9.17, 15) is 18.4 Å². The van der Waals surface area contributed by atoms with Crippen molar-refractivity contribution < 1.29 is 27.1 Å². The standard InChI is InChI=1S/C30H29F3N8O4/c1-30(2,3)45-29(43)39-11-9-38(10-12-39)22-14-24-23(13-21(22)31)40(28(42)41(24)20-5-4-8-34-16-20)17-19-7-6-18(15-35-19)26-36-37-27(44-26)25(32)33/h4-8,13-16,25H,9-12,17H2,1-3H3. The van der Waals surface area contributed by atoms with Gasteiger partial charge >= 0.3 is 18.2 Å². The molecule has 1 fully saturated rings. The second-order valence-corrected chi connectivity index (χ2v) is 11.4. The molecular formula is C30H29F3N8O4. The Bertz CT molecular complexity index is 1890. The number of rotatable bonds is 6. The number of alkyl halides is 2. The second kappa shape index (κ2) is 11.7. The van der Waals surface area contributed by atoms with Gasteiger partial charge in [0.05, 0.1) is 46.4 Å². The molecule has 15 heteroatoms. The molecule has 0 atom stereocenters. The predicted molar refractivity (Wildman–Crippen MR) is 157 cm³/mol. The minimum absolute atomic E-state index is 0.0116. The molecule has 12 nitrogen and oxygen atoms in total. The van der Waals surface area contributed by atoms with E-state index in [1.165, 1.54) is 21.4 Å². The molecule has 0 spiro atoms. The number of fused-ring (bicyclic) bond motifs is 1. The predicted octanol–water partition coefficient (Wildman–Crippen LogP) is 4.81. The van der Waals surface area contributed by atoms with Gasteiger partial charge in [-0.1, -0.05) is 0 Å². The van der Waals surface area contributed by atoms with Crippen molar-refractivity contribution >= 4 is 22.8 Å². The van der Waals surface area contributed by atoms with Crippen molar-refractivity contribution in [2.24, 2.45) is 0 Å².